The van der Waals surface area contributed by atoms with E-state index in [2.05, 4.69) is 15.5 Å². The standard InChI is InChI=1S/C25H30Cl2N4O5/c1-14-20(24(33)34)23(21-16(26)3-2-4-17(21)27)22(25(35)36)18(29-14)13-19(32)31-11-9-30(10-12-31)15-5-7-28-8-6-15/h2-4,15,23,28-29H,5-13H2,1H3,(H,33,34)(H,35,36). The van der Waals surface area contributed by atoms with E-state index in [9.17, 15) is 24.6 Å². The van der Waals surface area contributed by atoms with Gasteiger partial charge in [-0.2, -0.15) is 0 Å². The van der Waals surface area contributed by atoms with E-state index in [1.165, 1.54) is 12.1 Å². The van der Waals surface area contributed by atoms with Crippen molar-refractivity contribution in [2.45, 2.75) is 38.1 Å². The number of hydrogen-bond donors (Lipinski definition) is 4. The summed E-state index contributed by atoms with van der Waals surface area (Å²) in [6.07, 6.45) is 1.99. The van der Waals surface area contributed by atoms with E-state index < -0.39 is 17.9 Å². The summed E-state index contributed by atoms with van der Waals surface area (Å²) in [5, 5.41) is 26.7. The summed E-state index contributed by atoms with van der Waals surface area (Å²) in [7, 11) is 0. The number of hydrogen-bond acceptors (Lipinski definition) is 6. The van der Waals surface area contributed by atoms with Crippen molar-refractivity contribution in [1.29, 1.82) is 0 Å². The lowest BCUT2D eigenvalue weighted by Crippen LogP contribution is -2.54. The molecule has 0 aromatic heterocycles. The second kappa shape index (κ2) is 11.2. The van der Waals surface area contributed by atoms with Crippen LogP contribution in [0.25, 0.3) is 0 Å². The molecule has 3 aliphatic rings. The van der Waals surface area contributed by atoms with E-state index in [4.69, 9.17) is 23.2 Å². The highest BCUT2D eigenvalue weighted by Gasteiger charge is 2.40. The number of nitrogens with zero attached hydrogens (tertiary/aromatic N) is 2. The van der Waals surface area contributed by atoms with E-state index in [0.29, 0.717) is 19.1 Å². The number of amides is 1. The number of piperidine rings is 1. The van der Waals surface area contributed by atoms with Gasteiger partial charge in [0.15, 0.2) is 0 Å². The molecule has 1 atom stereocenters. The number of carboxylic acid groups (broad SMARTS) is 2. The van der Waals surface area contributed by atoms with Gasteiger partial charge in [-0.05, 0) is 45.0 Å². The zero-order chi connectivity index (χ0) is 26.0. The highest BCUT2D eigenvalue weighted by Crippen LogP contribution is 2.44. The molecule has 4 N–H and O–H groups in total. The zero-order valence-electron chi connectivity index (χ0n) is 20.0. The monoisotopic (exact) mass is 536 g/mol. The Labute approximate surface area is 219 Å². The zero-order valence-corrected chi connectivity index (χ0v) is 21.5. The molecule has 194 valence electrons. The summed E-state index contributed by atoms with van der Waals surface area (Å²) in [6, 6.07) is 5.19. The predicted molar refractivity (Wildman–Crippen MR) is 136 cm³/mol. The first-order chi connectivity index (χ1) is 17.2. The molecule has 1 aromatic rings. The summed E-state index contributed by atoms with van der Waals surface area (Å²) >= 11 is 12.8. The van der Waals surface area contributed by atoms with Gasteiger partial charge < -0.3 is 25.7 Å². The van der Waals surface area contributed by atoms with Gasteiger partial charge >= 0.3 is 11.9 Å². The fourth-order valence-corrected chi connectivity index (χ4v) is 6.03. The van der Waals surface area contributed by atoms with Crippen LogP contribution in [-0.2, 0) is 14.4 Å². The minimum atomic E-state index is -1.34. The third-order valence-electron chi connectivity index (χ3n) is 7.21. The summed E-state index contributed by atoms with van der Waals surface area (Å²) in [6.45, 7) is 6.22. The molecule has 0 aliphatic carbocycles. The fraction of sp³-hybridized carbons (Fsp3) is 0.480. The number of nitrogens with one attached hydrogen (secondary N) is 2. The molecule has 0 radical (unpaired) electrons. The van der Waals surface area contributed by atoms with Crippen LogP contribution in [0.5, 0.6) is 0 Å². The second-order valence-corrected chi connectivity index (χ2v) is 10.1. The molecule has 3 heterocycles. The molecule has 0 bridgehead atoms. The quantitative estimate of drug-likeness (QED) is 0.437. The molecule has 36 heavy (non-hydrogen) atoms. The molecular weight excluding hydrogens is 507 g/mol. The van der Waals surface area contributed by atoms with E-state index in [1.54, 1.807) is 17.9 Å². The number of piperazine rings is 1. The van der Waals surface area contributed by atoms with Crippen LogP contribution in [0.15, 0.2) is 40.7 Å². The van der Waals surface area contributed by atoms with Crippen molar-refractivity contribution in [2.75, 3.05) is 39.3 Å². The summed E-state index contributed by atoms with van der Waals surface area (Å²) < 4.78 is 0. The third-order valence-corrected chi connectivity index (χ3v) is 7.87. The SMILES string of the molecule is CC1=C(C(=O)O)C(c2c(Cl)cccc2Cl)C(C(=O)O)=C(CC(=O)N2CCN(C3CCNCC3)CC2)N1. The average molecular weight is 537 g/mol. The Bertz CT molecular complexity index is 1100. The van der Waals surface area contributed by atoms with Crippen LogP contribution in [0.3, 0.4) is 0 Å². The lowest BCUT2D eigenvalue weighted by atomic mass is 9.79. The Balaban J connectivity index is 1.60. The Hall–Kier alpha value is -2.59. The van der Waals surface area contributed by atoms with Crippen LogP contribution in [0.1, 0.15) is 37.7 Å². The predicted octanol–water partition coefficient (Wildman–Crippen LogP) is 2.66. The number of carboxylic acids is 2. The van der Waals surface area contributed by atoms with Crippen molar-refractivity contribution in [1.82, 2.24) is 20.4 Å². The highest BCUT2D eigenvalue weighted by molar-refractivity contribution is 6.36. The largest absolute Gasteiger partial charge is 0.478 e. The summed E-state index contributed by atoms with van der Waals surface area (Å²) in [5.41, 5.74) is 0.171. The summed E-state index contributed by atoms with van der Waals surface area (Å²) in [5.74, 6) is -4.08. The molecule has 11 heteroatoms. The minimum Gasteiger partial charge on any atom is -0.478 e. The number of dihydropyridines is 1. The Morgan fingerprint density at radius 1 is 0.972 bits per heavy atom. The third kappa shape index (κ3) is 5.39. The maximum Gasteiger partial charge on any atom is 0.334 e. The number of carbonyl (C=O) groups is 3. The van der Waals surface area contributed by atoms with Crippen molar-refractivity contribution in [2.24, 2.45) is 0 Å². The molecular formula is C25H30Cl2N4O5. The van der Waals surface area contributed by atoms with Crippen LogP contribution in [0.4, 0.5) is 0 Å². The number of rotatable bonds is 6. The van der Waals surface area contributed by atoms with Crippen LogP contribution < -0.4 is 10.6 Å². The van der Waals surface area contributed by atoms with Crippen molar-refractivity contribution < 1.29 is 24.6 Å². The molecule has 9 nitrogen and oxygen atoms in total. The molecule has 4 rings (SSSR count). The smallest absolute Gasteiger partial charge is 0.334 e. The van der Waals surface area contributed by atoms with Gasteiger partial charge in [0, 0.05) is 59.2 Å². The molecule has 2 fully saturated rings. The van der Waals surface area contributed by atoms with Gasteiger partial charge in [-0.3, -0.25) is 9.69 Å². The van der Waals surface area contributed by atoms with E-state index >= 15 is 0 Å². The molecule has 3 aliphatic heterocycles. The Kier molecular flexibility index (Phi) is 8.24. The van der Waals surface area contributed by atoms with E-state index in [0.717, 1.165) is 39.0 Å². The highest BCUT2D eigenvalue weighted by atomic mass is 35.5. The van der Waals surface area contributed by atoms with Crippen molar-refractivity contribution in [3.05, 3.63) is 56.3 Å². The normalized spacial score (nSPS) is 22.0. The van der Waals surface area contributed by atoms with Gasteiger partial charge in [0.25, 0.3) is 0 Å². The molecule has 1 aromatic carbocycles. The van der Waals surface area contributed by atoms with Gasteiger partial charge in [-0.1, -0.05) is 29.3 Å². The number of aliphatic carboxylic acids is 2. The first-order valence-corrected chi connectivity index (χ1v) is 12.8. The lowest BCUT2D eigenvalue weighted by molar-refractivity contribution is -0.133. The average Bonchev–Trinajstić information content (AvgIpc) is 2.84. The first kappa shape index (κ1) is 26.5. The molecule has 0 saturated carbocycles. The van der Waals surface area contributed by atoms with Crippen LogP contribution in [-0.4, -0.2) is 83.2 Å². The lowest BCUT2D eigenvalue weighted by Gasteiger charge is -2.41. The van der Waals surface area contributed by atoms with E-state index in [1.807, 2.05) is 0 Å². The first-order valence-electron chi connectivity index (χ1n) is 12.0. The molecule has 2 saturated heterocycles. The van der Waals surface area contributed by atoms with Gasteiger partial charge in [0.2, 0.25) is 5.91 Å². The molecule has 1 unspecified atom stereocenters. The van der Waals surface area contributed by atoms with Gasteiger partial charge in [-0.25, -0.2) is 9.59 Å². The van der Waals surface area contributed by atoms with Crippen molar-refractivity contribution in [3.8, 4) is 0 Å². The number of halogens is 2. The minimum absolute atomic E-state index is 0.150. The second-order valence-electron chi connectivity index (χ2n) is 9.31. The summed E-state index contributed by atoms with van der Waals surface area (Å²) in [4.78, 5) is 42.1. The van der Waals surface area contributed by atoms with Crippen molar-refractivity contribution in [3.63, 3.8) is 0 Å². The maximum atomic E-state index is 13.3. The topological polar surface area (TPSA) is 122 Å². The van der Waals surface area contributed by atoms with Crippen LogP contribution >= 0.6 is 23.2 Å². The maximum absolute atomic E-state index is 13.3. The van der Waals surface area contributed by atoms with E-state index in [-0.39, 0.29) is 50.5 Å². The number of carbonyl (C=O) groups excluding carboxylic acids is 1. The Morgan fingerprint density at radius 3 is 2.11 bits per heavy atom. The van der Waals surface area contributed by atoms with Crippen molar-refractivity contribution >= 4 is 41.0 Å². The van der Waals surface area contributed by atoms with Gasteiger partial charge in [0.1, 0.15) is 0 Å². The number of allylic oxidation sites excluding steroid dienone is 1. The molecule has 0 spiro atoms. The van der Waals surface area contributed by atoms with Gasteiger partial charge in [-0.15, -0.1) is 0 Å². The fourth-order valence-electron chi connectivity index (χ4n) is 5.42. The molecule has 1 amide bonds. The number of benzene rings is 1. The van der Waals surface area contributed by atoms with Crippen LogP contribution in [0.2, 0.25) is 10.0 Å². The van der Waals surface area contributed by atoms with Crippen LogP contribution in [0, 0.1) is 0 Å². The Morgan fingerprint density at radius 2 is 1.56 bits per heavy atom. The van der Waals surface area contributed by atoms with Gasteiger partial charge in [0.05, 0.1) is 23.5 Å².